The maximum Gasteiger partial charge on any atom is 0.430 e. The third kappa shape index (κ3) is 3.16. The highest BCUT2D eigenvalue weighted by molar-refractivity contribution is 7.69. The van der Waals surface area contributed by atoms with Crippen LogP contribution >= 0.6 is 33.2 Å². The largest absolute Gasteiger partial charge is 0.517 e. The minimum Gasteiger partial charge on any atom is -0.517 e. The van der Waals surface area contributed by atoms with E-state index in [-0.39, 0.29) is 0 Å². The predicted molar refractivity (Wildman–Crippen MR) is 92.5 cm³/mol. The van der Waals surface area contributed by atoms with E-state index in [1.54, 1.807) is 0 Å². The fourth-order valence-electron chi connectivity index (χ4n) is 2.31. The zero-order valence-corrected chi connectivity index (χ0v) is 15.5. The van der Waals surface area contributed by atoms with Crippen LogP contribution in [-0.4, -0.2) is 14.6 Å². The molecule has 0 bridgehead atoms. The molecule has 0 fully saturated rings. The second-order valence-electron chi connectivity index (χ2n) is 5.02. The van der Waals surface area contributed by atoms with Crippen molar-refractivity contribution in [2.45, 2.75) is 13.2 Å². The molecule has 2 nitrogen and oxygen atoms in total. The molecular weight excluding hydrogens is 363 g/mol. The van der Waals surface area contributed by atoms with Crippen LogP contribution in [0.1, 0.15) is 5.56 Å². The van der Waals surface area contributed by atoms with Crippen molar-refractivity contribution >= 4 is 58.2 Å². The molecule has 2 aromatic carbocycles. The Balaban J connectivity index is 1.93. The maximum atomic E-state index is 6.18. The van der Waals surface area contributed by atoms with Gasteiger partial charge in [0.2, 0.25) is 0 Å². The molecule has 21 heavy (non-hydrogen) atoms. The van der Waals surface area contributed by atoms with Crippen LogP contribution in [0.25, 0.3) is 0 Å². The van der Waals surface area contributed by atoms with Gasteiger partial charge in [-0.1, -0.05) is 42.5 Å². The Bertz CT molecular complexity index is 661. The van der Waals surface area contributed by atoms with Gasteiger partial charge >= 0.3 is 14.6 Å². The summed E-state index contributed by atoms with van der Waals surface area (Å²) in [6.45, 7) is 2.53. The summed E-state index contributed by atoms with van der Waals surface area (Å²) >= 11 is 18.1. The highest BCUT2D eigenvalue weighted by Gasteiger charge is 2.40. The summed E-state index contributed by atoms with van der Waals surface area (Å²) in [5, 5.41) is 1.86. The molecule has 1 aliphatic rings. The number of fused-ring (bicyclic) bond motifs is 1. The van der Waals surface area contributed by atoms with Crippen LogP contribution in [0, 0.1) is 0 Å². The number of benzene rings is 2. The summed E-state index contributed by atoms with van der Waals surface area (Å²) in [4.78, 5) is 0. The first kappa shape index (κ1) is 15.4. The van der Waals surface area contributed by atoms with E-state index in [1.807, 2.05) is 55.1 Å². The molecule has 1 aliphatic heterocycles. The highest BCUT2D eigenvalue weighted by Crippen LogP contribution is 2.30. The molecule has 0 saturated heterocycles. The van der Waals surface area contributed by atoms with Gasteiger partial charge in [-0.25, -0.2) is 0 Å². The number of hydrogen-bond acceptors (Lipinski definition) is 2. The second kappa shape index (κ2) is 5.61. The van der Waals surface area contributed by atoms with E-state index in [2.05, 4.69) is 0 Å². The van der Waals surface area contributed by atoms with Crippen LogP contribution in [0.2, 0.25) is 6.55 Å². The Labute approximate surface area is 139 Å². The first-order valence-corrected chi connectivity index (χ1v) is 13.8. The van der Waals surface area contributed by atoms with E-state index in [9.17, 15) is 0 Å². The lowest BCUT2D eigenvalue weighted by Crippen LogP contribution is -2.55. The molecule has 7 heteroatoms. The van der Waals surface area contributed by atoms with Gasteiger partial charge in [0.1, 0.15) is 5.75 Å². The summed E-state index contributed by atoms with van der Waals surface area (Å²) in [6.07, 6.45) is 0. The van der Waals surface area contributed by atoms with Crippen molar-refractivity contribution in [2.75, 3.05) is 0 Å². The molecule has 3 rings (SSSR count). The summed E-state index contributed by atoms with van der Waals surface area (Å²) < 4.78 is 12.2. The molecule has 0 spiro atoms. The molecule has 1 atom stereocenters. The Morgan fingerprint density at radius 2 is 1.76 bits per heavy atom. The monoisotopic (exact) mass is 374 g/mol. The van der Waals surface area contributed by atoms with Crippen LogP contribution in [-0.2, 0) is 11.0 Å². The van der Waals surface area contributed by atoms with E-state index < -0.39 is 14.6 Å². The second-order valence-corrected chi connectivity index (χ2v) is 16.4. The number of hydrogen-bond donors (Lipinski definition) is 0. The van der Waals surface area contributed by atoms with Crippen molar-refractivity contribution in [1.82, 2.24) is 0 Å². The fraction of sp³-hybridized carbons (Fsp3) is 0.143. The zero-order chi connectivity index (χ0) is 15.1. The number of halogens is 3. The lowest BCUT2D eigenvalue weighted by atomic mass is 10.2. The van der Waals surface area contributed by atoms with Crippen LogP contribution in [0.15, 0.2) is 48.5 Å². The van der Waals surface area contributed by atoms with Crippen molar-refractivity contribution in [1.29, 1.82) is 0 Å². The van der Waals surface area contributed by atoms with Gasteiger partial charge in [0.25, 0.3) is 0 Å². The van der Waals surface area contributed by atoms with Crippen LogP contribution < -0.4 is 14.8 Å². The van der Waals surface area contributed by atoms with Crippen LogP contribution in [0.3, 0.4) is 0 Å². The van der Waals surface area contributed by atoms with Gasteiger partial charge in [0, 0.05) is 10.8 Å². The van der Waals surface area contributed by atoms with Gasteiger partial charge in [0.15, 0.2) is 0 Å². The molecule has 0 N–H and O–H groups in total. The molecule has 0 aliphatic carbocycles. The van der Waals surface area contributed by atoms with E-state index in [4.69, 9.17) is 42.1 Å². The van der Waals surface area contributed by atoms with E-state index in [0.717, 1.165) is 21.7 Å². The van der Waals surface area contributed by atoms with Crippen molar-refractivity contribution in [3.05, 3.63) is 54.1 Å². The quantitative estimate of drug-likeness (QED) is 0.591. The standard InChI is InChI=1S/C14H13Cl3O2Si2/c1-20(12-5-3-2-4-6-12)18-10-11-9-13(21(15,16)17)7-8-14(11)19-20/h2-9H,10H2,1H3. The van der Waals surface area contributed by atoms with Gasteiger partial charge in [-0.3, -0.25) is 0 Å². The minimum atomic E-state index is -2.88. The van der Waals surface area contributed by atoms with Crippen molar-refractivity contribution in [3.63, 3.8) is 0 Å². The molecule has 0 amide bonds. The Hall–Kier alpha value is -0.496. The van der Waals surface area contributed by atoms with Crippen molar-refractivity contribution in [2.24, 2.45) is 0 Å². The fourth-order valence-corrected chi connectivity index (χ4v) is 6.17. The van der Waals surface area contributed by atoms with Crippen LogP contribution in [0.5, 0.6) is 5.75 Å². The van der Waals surface area contributed by atoms with Crippen molar-refractivity contribution in [3.8, 4) is 5.75 Å². The smallest absolute Gasteiger partial charge is 0.430 e. The first-order valence-electron chi connectivity index (χ1n) is 6.47. The van der Waals surface area contributed by atoms with Gasteiger partial charge in [-0.05, 0) is 17.8 Å². The van der Waals surface area contributed by atoms with Gasteiger partial charge in [-0.15, -0.1) is 33.2 Å². The summed E-state index contributed by atoms with van der Waals surface area (Å²) in [5.41, 5.74) is 0.937. The maximum absolute atomic E-state index is 6.18. The Morgan fingerprint density at radius 1 is 1.05 bits per heavy atom. The molecule has 1 heterocycles. The SMILES string of the molecule is C[Si]1(c2ccccc2)OCc2cc([Si](Cl)(Cl)Cl)ccc2O1. The van der Waals surface area contributed by atoms with E-state index >= 15 is 0 Å². The molecule has 0 saturated carbocycles. The molecule has 0 aromatic heterocycles. The molecule has 1 unspecified atom stereocenters. The van der Waals surface area contributed by atoms with E-state index in [1.165, 1.54) is 0 Å². The summed E-state index contributed by atoms with van der Waals surface area (Å²) in [6, 6.07) is 12.8. The van der Waals surface area contributed by atoms with Crippen LogP contribution in [0.4, 0.5) is 0 Å². The third-order valence-electron chi connectivity index (χ3n) is 3.49. The Kier molecular flexibility index (Phi) is 4.11. The Morgan fingerprint density at radius 3 is 2.43 bits per heavy atom. The van der Waals surface area contributed by atoms with Gasteiger partial charge < -0.3 is 8.85 Å². The summed E-state index contributed by atoms with van der Waals surface area (Å²) in [7, 11) is -2.41. The first-order chi connectivity index (χ1) is 9.88. The molecule has 110 valence electrons. The van der Waals surface area contributed by atoms with Gasteiger partial charge in [-0.2, -0.15) is 0 Å². The average molecular weight is 376 g/mol. The van der Waals surface area contributed by atoms with E-state index in [0.29, 0.717) is 6.61 Å². The lowest BCUT2D eigenvalue weighted by molar-refractivity contribution is 0.217. The average Bonchev–Trinajstić information content (AvgIpc) is 2.46. The third-order valence-corrected chi connectivity index (χ3v) is 9.11. The molecular formula is C14H13Cl3O2Si2. The minimum absolute atomic E-state index is 0.482. The van der Waals surface area contributed by atoms with Gasteiger partial charge in [0.05, 0.1) is 6.61 Å². The molecule has 0 radical (unpaired) electrons. The summed E-state index contributed by atoms with van der Waals surface area (Å²) in [5.74, 6) is 0.825. The topological polar surface area (TPSA) is 18.5 Å². The normalized spacial score (nSPS) is 21.5. The zero-order valence-electron chi connectivity index (χ0n) is 11.3. The van der Waals surface area contributed by atoms with Crippen molar-refractivity contribution < 1.29 is 8.85 Å². The lowest BCUT2D eigenvalue weighted by Gasteiger charge is -2.33. The molecule has 2 aromatic rings. The highest BCUT2D eigenvalue weighted by atomic mass is 35.8. The number of rotatable bonds is 2. The predicted octanol–water partition coefficient (Wildman–Crippen LogP) is 3.44.